The van der Waals surface area contributed by atoms with Crippen LogP contribution in [0.4, 0.5) is 0 Å². The van der Waals surface area contributed by atoms with Gasteiger partial charge >= 0.3 is 11.9 Å². The van der Waals surface area contributed by atoms with Gasteiger partial charge in [0.1, 0.15) is 48.1 Å². The van der Waals surface area contributed by atoms with Crippen LogP contribution in [0.3, 0.4) is 0 Å². The fourth-order valence-corrected chi connectivity index (χ4v) is 9.81. The fourth-order valence-electron chi connectivity index (χ4n) is 9.81. The maximum Gasteiger partial charge on any atom is 0.329 e. The van der Waals surface area contributed by atoms with Crippen molar-refractivity contribution in [2.45, 2.75) is 202 Å². The highest BCUT2D eigenvalue weighted by Crippen LogP contribution is 2.26. The second-order valence-electron chi connectivity index (χ2n) is 23.5. The van der Waals surface area contributed by atoms with Crippen molar-refractivity contribution in [2.24, 2.45) is 41.4 Å². The molecule has 21 nitrogen and oxygen atoms in total. The molecule has 2 saturated heterocycles. The first-order valence-electron chi connectivity index (χ1n) is 28.2. The van der Waals surface area contributed by atoms with E-state index >= 15 is 4.79 Å². The molecule has 0 radical (unpaired) electrons. The number of benzene rings is 1. The summed E-state index contributed by atoms with van der Waals surface area (Å²) in [6.45, 7) is 23.9. The molecular weight excluding hydrogens is 1020 g/mol. The Morgan fingerprint density at radius 1 is 0.848 bits per heavy atom. The minimum Gasteiger partial charge on any atom is -0.497 e. The van der Waals surface area contributed by atoms with Crippen LogP contribution in [-0.4, -0.2) is 167 Å². The van der Waals surface area contributed by atoms with Crippen molar-refractivity contribution in [1.29, 1.82) is 0 Å². The van der Waals surface area contributed by atoms with Gasteiger partial charge in [0.2, 0.25) is 41.4 Å². The fraction of sp³-hybridized carbons (Fsp3) is 0.724. The van der Waals surface area contributed by atoms with E-state index in [1.165, 1.54) is 49.8 Å². The second-order valence-corrected chi connectivity index (χ2v) is 23.5. The van der Waals surface area contributed by atoms with E-state index in [1.54, 1.807) is 79.7 Å². The lowest BCUT2D eigenvalue weighted by molar-refractivity contribution is -0.163. The van der Waals surface area contributed by atoms with Gasteiger partial charge < -0.3 is 55.3 Å². The number of cyclic esters (lactones) is 2. The summed E-state index contributed by atoms with van der Waals surface area (Å²) >= 11 is 0. The van der Waals surface area contributed by atoms with Crippen molar-refractivity contribution >= 4 is 59.1 Å². The molecule has 444 valence electrons. The number of hydrogen-bond acceptors (Lipinski definition) is 14. The zero-order chi connectivity index (χ0) is 59.9. The molecule has 1 unspecified atom stereocenters. The number of amides is 7. The predicted octanol–water partition coefficient (Wildman–Crippen LogP) is 3.74. The Balaban J connectivity index is 2.31. The van der Waals surface area contributed by atoms with Gasteiger partial charge in [0, 0.05) is 33.0 Å². The Hall–Kier alpha value is -6.12. The summed E-state index contributed by atoms with van der Waals surface area (Å²) < 4.78 is 17.3. The zero-order valence-electron chi connectivity index (χ0n) is 49.9. The van der Waals surface area contributed by atoms with Gasteiger partial charge in [-0.05, 0) is 86.8 Å². The van der Waals surface area contributed by atoms with Crippen molar-refractivity contribution < 1.29 is 67.3 Å². The smallest absolute Gasteiger partial charge is 0.329 e. The molecule has 0 spiro atoms. The number of carbonyl (C=O) groups excluding carboxylic acids is 10. The molecule has 0 bridgehead atoms. The second kappa shape index (κ2) is 30.5. The number of esters is 2. The van der Waals surface area contributed by atoms with Gasteiger partial charge in [-0.2, -0.15) is 0 Å². The molecule has 5 N–H and O–H groups in total. The maximum atomic E-state index is 15.0. The number of nitrogens with zero attached hydrogens (tertiary/aromatic N) is 3. The third kappa shape index (κ3) is 18.5. The third-order valence-electron chi connectivity index (χ3n) is 15.1. The third-order valence-corrected chi connectivity index (χ3v) is 15.1. The summed E-state index contributed by atoms with van der Waals surface area (Å²) in [5, 5.41) is 22.9. The van der Waals surface area contributed by atoms with Gasteiger partial charge in [0.05, 0.1) is 31.6 Å². The molecule has 7 amide bonds. The molecule has 21 heteroatoms. The largest absolute Gasteiger partial charge is 0.497 e. The number of rotatable bonds is 17. The summed E-state index contributed by atoms with van der Waals surface area (Å²) in [6.07, 6.45) is -4.27. The van der Waals surface area contributed by atoms with E-state index in [9.17, 15) is 48.3 Å². The molecule has 0 aromatic heterocycles. The Morgan fingerprint density at radius 2 is 1.47 bits per heavy atom. The monoisotopic (exact) mass is 1110 g/mol. The number of aliphatic hydroxyl groups excluding tert-OH is 1. The van der Waals surface area contributed by atoms with Crippen LogP contribution < -0.4 is 26.0 Å². The van der Waals surface area contributed by atoms with Crippen LogP contribution in [0.15, 0.2) is 24.3 Å². The van der Waals surface area contributed by atoms with Gasteiger partial charge in [0.15, 0.2) is 11.9 Å². The summed E-state index contributed by atoms with van der Waals surface area (Å²) in [4.78, 5) is 147. The molecule has 0 aliphatic carbocycles. The number of Topliss-reactive ketones (excluding diaryl/α,β-unsaturated/α-hetero) is 1. The van der Waals surface area contributed by atoms with Gasteiger partial charge in [-0.15, -0.1) is 0 Å². The number of carbonyl (C=O) groups is 10. The molecule has 2 heterocycles. The van der Waals surface area contributed by atoms with E-state index in [0.29, 0.717) is 24.2 Å². The summed E-state index contributed by atoms with van der Waals surface area (Å²) in [5.74, 6) is -10.7. The van der Waals surface area contributed by atoms with Crippen LogP contribution in [0.25, 0.3) is 0 Å². The van der Waals surface area contributed by atoms with Crippen molar-refractivity contribution in [2.75, 3.05) is 27.7 Å². The van der Waals surface area contributed by atoms with E-state index in [1.807, 2.05) is 27.7 Å². The number of ketones is 1. The number of fused-ring (bicyclic) bond motifs is 1. The van der Waals surface area contributed by atoms with Crippen LogP contribution in [0, 0.1) is 41.4 Å². The van der Waals surface area contributed by atoms with Gasteiger partial charge in [0.25, 0.3) is 0 Å². The SMILES string of the molecule is CC[C@H](C)[C@H]1NC(=O)[C@@H](NC(=O)[C@@H](CC(C)C)N(C)C(=O)C(NC(=O)C(C)C)C(C)C)[C@@H](C)OC(=O)[C@H](Cc2ccc(OC)cc2)N(C)C(=O)[C@@H]2CCCN2C(=O)[C@H](CC(C)C)NC(=O)[C@@H](C)C(=O)[C@H](C(C)C)OC(=O)C[C@@H]1O. The van der Waals surface area contributed by atoms with Gasteiger partial charge in [-0.3, -0.25) is 43.2 Å². The quantitative estimate of drug-likeness (QED) is 0.110. The molecule has 2 fully saturated rings. The van der Waals surface area contributed by atoms with Crippen LogP contribution in [0.5, 0.6) is 5.75 Å². The Bertz CT molecular complexity index is 2290. The van der Waals surface area contributed by atoms with Gasteiger partial charge in [-0.1, -0.05) is 102 Å². The zero-order valence-corrected chi connectivity index (χ0v) is 49.9. The minimum absolute atomic E-state index is 0.0917. The van der Waals surface area contributed by atoms with E-state index in [-0.39, 0.29) is 50.0 Å². The average molecular weight is 1110 g/mol. The van der Waals surface area contributed by atoms with Crippen molar-refractivity contribution in [1.82, 2.24) is 36.0 Å². The van der Waals surface area contributed by atoms with Crippen LogP contribution in [0.2, 0.25) is 0 Å². The highest BCUT2D eigenvalue weighted by molar-refractivity contribution is 6.05. The number of aliphatic hydroxyl groups is 1. The summed E-state index contributed by atoms with van der Waals surface area (Å²) in [6, 6.07) is -2.13. The van der Waals surface area contributed by atoms with Crippen LogP contribution in [-0.2, 0) is 63.8 Å². The van der Waals surface area contributed by atoms with Crippen molar-refractivity contribution in [3.63, 3.8) is 0 Å². The Kier molecular flexibility index (Phi) is 25.9. The highest BCUT2D eigenvalue weighted by atomic mass is 16.6. The summed E-state index contributed by atoms with van der Waals surface area (Å²) in [7, 11) is 4.33. The minimum atomic E-state index is -1.75. The first-order chi connectivity index (χ1) is 36.9. The molecule has 0 saturated carbocycles. The predicted molar refractivity (Wildman–Crippen MR) is 295 cm³/mol. The lowest BCUT2D eigenvalue weighted by atomic mass is 9.91. The normalized spacial score (nSPS) is 25.8. The van der Waals surface area contributed by atoms with E-state index in [2.05, 4.69) is 21.3 Å². The van der Waals surface area contributed by atoms with Gasteiger partial charge in [-0.25, -0.2) is 4.79 Å². The number of ether oxygens (including phenoxy) is 3. The topological polar surface area (TPSA) is 276 Å². The lowest BCUT2D eigenvalue weighted by Gasteiger charge is -2.36. The highest BCUT2D eigenvalue weighted by Gasteiger charge is 2.45. The van der Waals surface area contributed by atoms with Crippen LogP contribution >= 0.6 is 0 Å². The molecule has 1 aromatic rings. The standard InChI is InChI=1S/C58H93N7O14/c1-18-35(12)47-44(66)29-45(67)79-50(33(8)9)49(68)36(13)52(70)59-40(26-30(2)3)55(73)65-25-19-20-41(65)56(74)64(16)43(28-38-21-23-39(77-17)24-22-38)58(76)78-37(14)48(54(72)61-47)62-53(71)42(27-31(4)5)63(15)57(75)46(32(6)7)60-51(69)34(10)11/h21-24,30-37,40-44,46-48,50,66H,18-20,25-29H2,1-17H3,(H,59,70)(H,60,69)(H,61,72)(H,62,71)/t35-,36-,37+,40-,41-,42+,43-,44-,46?,47+,48-,50-/m0/s1. The van der Waals surface area contributed by atoms with E-state index in [0.717, 1.165) is 0 Å². The van der Waals surface area contributed by atoms with E-state index in [4.69, 9.17) is 14.2 Å². The first-order valence-corrected chi connectivity index (χ1v) is 28.2. The number of likely N-dealkylation sites (N-methyl/N-ethyl adjacent to an activating group) is 2. The number of nitrogens with one attached hydrogen (secondary N) is 4. The maximum absolute atomic E-state index is 15.0. The Labute approximate surface area is 468 Å². The summed E-state index contributed by atoms with van der Waals surface area (Å²) in [5.41, 5.74) is 0.579. The number of hydrogen-bond donors (Lipinski definition) is 5. The molecule has 12 atom stereocenters. The first kappa shape index (κ1) is 67.2. The molecule has 2 aliphatic heterocycles. The van der Waals surface area contributed by atoms with Crippen molar-refractivity contribution in [3.8, 4) is 5.75 Å². The van der Waals surface area contributed by atoms with Crippen molar-refractivity contribution in [3.05, 3.63) is 29.8 Å². The molecule has 3 rings (SSSR count). The Morgan fingerprint density at radius 3 is 2.00 bits per heavy atom. The van der Waals surface area contributed by atoms with Crippen LogP contribution in [0.1, 0.15) is 141 Å². The molecule has 2 aliphatic rings. The molecular formula is C58H93N7O14. The molecule has 79 heavy (non-hydrogen) atoms. The number of methoxy groups -OCH3 is 1. The average Bonchev–Trinajstić information content (AvgIpc) is 3.88. The molecule has 1 aromatic carbocycles. The van der Waals surface area contributed by atoms with E-state index < -0.39 is 150 Å². The lowest BCUT2D eigenvalue weighted by Crippen LogP contribution is -2.62.